The molecule has 2 rings (SSSR count). The summed E-state index contributed by atoms with van der Waals surface area (Å²) in [7, 11) is 4.26. The quantitative estimate of drug-likeness (QED) is 0.570. The molecule has 2 aliphatic carbocycles. The van der Waals surface area contributed by atoms with Crippen molar-refractivity contribution in [1.82, 2.24) is 4.90 Å². The number of rotatable bonds is 1. The molecule has 0 spiro atoms. The van der Waals surface area contributed by atoms with E-state index in [4.69, 9.17) is 0 Å². The van der Waals surface area contributed by atoms with Gasteiger partial charge in [-0.3, -0.25) is 0 Å². The van der Waals surface area contributed by atoms with E-state index in [0.29, 0.717) is 5.92 Å². The van der Waals surface area contributed by atoms with Gasteiger partial charge in [-0.1, -0.05) is 25.2 Å². The van der Waals surface area contributed by atoms with Crippen LogP contribution < -0.4 is 0 Å². The van der Waals surface area contributed by atoms with E-state index in [2.05, 4.69) is 44.1 Å². The van der Waals surface area contributed by atoms with Crippen molar-refractivity contribution in [2.45, 2.75) is 13.3 Å². The Bertz CT molecular complexity index is 292. The summed E-state index contributed by atoms with van der Waals surface area (Å²) in [5.41, 5.74) is 4.48. The van der Waals surface area contributed by atoms with Gasteiger partial charge in [0.1, 0.15) is 0 Å². The monoisotopic (exact) mass is 161 g/mol. The van der Waals surface area contributed by atoms with E-state index in [1.165, 1.54) is 23.3 Å². The van der Waals surface area contributed by atoms with Crippen molar-refractivity contribution in [1.29, 1.82) is 0 Å². The molecule has 0 aromatic rings. The van der Waals surface area contributed by atoms with Crippen molar-refractivity contribution >= 4 is 0 Å². The molecule has 2 aliphatic rings. The van der Waals surface area contributed by atoms with Gasteiger partial charge < -0.3 is 4.90 Å². The highest BCUT2D eigenvalue weighted by Gasteiger charge is 2.26. The molecule has 0 aliphatic heterocycles. The Hall–Kier alpha value is -0.980. The average molecular weight is 161 g/mol. The zero-order chi connectivity index (χ0) is 8.72. The molecular weight excluding hydrogens is 146 g/mol. The summed E-state index contributed by atoms with van der Waals surface area (Å²) >= 11 is 0. The first-order valence-corrected chi connectivity index (χ1v) is 4.49. The van der Waals surface area contributed by atoms with E-state index >= 15 is 0 Å². The van der Waals surface area contributed by atoms with Gasteiger partial charge in [-0.25, -0.2) is 0 Å². The fourth-order valence-corrected chi connectivity index (χ4v) is 2.06. The second-order valence-electron chi connectivity index (χ2n) is 3.84. The predicted molar refractivity (Wildman–Crippen MR) is 51.7 cm³/mol. The third-order valence-corrected chi connectivity index (χ3v) is 2.73. The summed E-state index contributed by atoms with van der Waals surface area (Å²) in [5, 5.41) is 0. The molecule has 1 atom stereocenters. The lowest BCUT2D eigenvalue weighted by Crippen LogP contribution is -2.10. The van der Waals surface area contributed by atoms with E-state index in [1.54, 1.807) is 0 Å². The number of fused-ring (bicyclic) bond motifs is 1. The number of hydrogen-bond acceptors (Lipinski definition) is 1. The Morgan fingerprint density at radius 2 is 2.17 bits per heavy atom. The van der Waals surface area contributed by atoms with Crippen LogP contribution in [0.25, 0.3) is 0 Å². The fourth-order valence-electron chi connectivity index (χ4n) is 2.06. The maximum atomic E-state index is 2.30. The summed E-state index contributed by atoms with van der Waals surface area (Å²) in [5.74, 6) is 0.715. The van der Waals surface area contributed by atoms with E-state index in [1.807, 2.05) is 0 Å². The molecule has 0 aromatic carbocycles. The summed E-state index contributed by atoms with van der Waals surface area (Å²) in [6, 6.07) is 0. The number of hydrogen-bond donors (Lipinski definition) is 0. The normalized spacial score (nSPS) is 26.2. The standard InChI is InChI=1S/C11H15N/c1-8-7-11(12(2)3)10-6-4-5-9(8)10/h4-6,8H,7H2,1-3H3/t8-/m1/s1. The molecule has 0 saturated carbocycles. The Kier molecular flexibility index (Phi) is 1.60. The summed E-state index contributed by atoms with van der Waals surface area (Å²) in [6.07, 6.45) is 7.84. The first-order chi connectivity index (χ1) is 5.70. The molecule has 0 heterocycles. The second kappa shape index (κ2) is 2.51. The van der Waals surface area contributed by atoms with Crippen LogP contribution in [0.1, 0.15) is 13.3 Å². The van der Waals surface area contributed by atoms with Crippen molar-refractivity contribution in [2.24, 2.45) is 5.92 Å². The van der Waals surface area contributed by atoms with Crippen LogP contribution in [-0.4, -0.2) is 19.0 Å². The van der Waals surface area contributed by atoms with Gasteiger partial charge in [0.15, 0.2) is 0 Å². The minimum atomic E-state index is 0.715. The zero-order valence-corrected chi connectivity index (χ0v) is 7.96. The predicted octanol–water partition coefficient (Wildman–Crippen LogP) is 2.34. The Morgan fingerprint density at radius 1 is 1.42 bits per heavy atom. The maximum absolute atomic E-state index is 2.30. The van der Waals surface area contributed by atoms with Crippen LogP contribution in [0.2, 0.25) is 0 Å². The van der Waals surface area contributed by atoms with Crippen molar-refractivity contribution in [3.63, 3.8) is 0 Å². The topological polar surface area (TPSA) is 3.24 Å². The number of nitrogens with zero attached hydrogens (tertiary/aromatic N) is 1. The minimum absolute atomic E-state index is 0.715. The third kappa shape index (κ3) is 0.927. The molecule has 12 heavy (non-hydrogen) atoms. The Morgan fingerprint density at radius 3 is 2.83 bits per heavy atom. The van der Waals surface area contributed by atoms with Gasteiger partial charge in [0.05, 0.1) is 0 Å². The highest BCUT2D eigenvalue weighted by molar-refractivity contribution is 5.55. The SMILES string of the molecule is C[C@@H]1CC(N(C)C)=C2C=CC=C21. The molecule has 0 amide bonds. The summed E-state index contributed by atoms with van der Waals surface area (Å²) in [4.78, 5) is 2.24. The molecule has 64 valence electrons. The van der Waals surface area contributed by atoms with E-state index in [0.717, 1.165) is 0 Å². The lowest BCUT2D eigenvalue weighted by molar-refractivity contribution is 0.477. The molecule has 0 N–H and O–H groups in total. The molecule has 0 unspecified atom stereocenters. The minimum Gasteiger partial charge on any atom is -0.380 e. The molecule has 0 radical (unpaired) electrons. The first-order valence-electron chi connectivity index (χ1n) is 4.49. The van der Waals surface area contributed by atoms with Crippen LogP contribution in [0, 0.1) is 5.92 Å². The largest absolute Gasteiger partial charge is 0.380 e. The van der Waals surface area contributed by atoms with Gasteiger partial charge in [0.25, 0.3) is 0 Å². The van der Waals surface area contributed by atoms with Gasteiger partial charge in [0, 0.05) is 19.8 Å². The number of allylic oxidation sites excluding steroid dienone is 6. The Labute approximate surface area is 74.1 Å². The van der Waals surface area contributed by atoms with Crippen molar-refractivity contribution in [3.05, 3.63) is 35.1 Å². The van der Waals surface area contributed by atoms with Crippen molar-refractivity contribution in [2.75, 3.05) is 14.1 Å². The second-order valence-corrected chi connectivity index (χ2v) is 3.84. The Balaban J connectivity index is 2.41. The molecule has 0 saturated heterocycles. The van der Waals surface area contributed by atoms with E-state index in [-0.39, 0.29) is 0 Å². The lowest BCUT2D eigenvalue weighted by atomic mass is 10.0. The van der Waals surface area contributed by atoms with Crippen LogP contribution in [0.5, 0.6) is 0 Å². The molecule has 1 heteroatoms. The molecule has 1 nitrogen and oxygen atoms in total. The van der Waals surface area contributed by atoms with Crippen LogP contribution in [-0.2, 0) is 0 Å². The molecule has 0 fully saturated rings. The van der Waals surface area contributed by atoms with Crippen molar-refractivity contribution < 1.29 is 0 Å². The first kappa shape index (κ1) is 7.66. The van der Waals surface area contributed by atoms with Gasteiger partial charge >= 0.3 is 0 Å². The van der Waals surface area contributed by atoms with Crippen molar-refractivity contribution in [3.8, 4) is 0 Å². The van der Waals surface area contributed by atoms with Crippen LogP contribution in [0.3, 0.4) is 0 Å². The van der Waals surface area contributed by atoms with Gasteiger partial charge in [-0.15, -0.1) is 0 Å². The van der Waals surface area contributed by atoms with Gasteiger partial charge in [0.2, 0.25) is 0 Å². The molecule has 0 bridgehead atoms. The molecule has 0 aromatic heterocycles. The van der Waals surface area contributed by atoms with E-state index in [9.17, 15) is 0 Å². The van der Waals surface area contributed by atoms with Gasteiger partial charge in [-0.05, 0) is 23.5 Å². The van der Waals surface area contributed by atoms with Crippen LogP contribution in [0.4, 0.5) is 0 Å². The highest BCUT2D eigenvalue weighted by atomic mass is 15.1. The molecular formula is C11H15N. The van der Waals surface area contributed by atoms with Crippen LogP contribution in [0.15, 0.2) is 35.1 Å². The van der Waals surface area contributed by atoms with E-state index < -0.39 is 0 Å². The van der Waals surface area contributed by atoms with Crippen LogP contribution >= 0.6 is 0 Å². The highest BCUT2D eigenvalue weighted by Crippen LogP contribution is 2.40. The lowest BCUT2D eigenvalue weighted by Gasteiger charge is -2.14. The summed E-state index contributed by atoms with van der Waals surface area (Å²) in [6.45, 7) is 2.30. The fraction of sp³-hybridized carbons (Fsp3) is 0.455. The average Bonchev–Trinajstić information content (AvgIpc) is 2.53. The smallest absolute Gasteiger partial charge is 0.0210 e. The maximum Gasteiger partial charge on any atom is 0.0210 e. The third-order valence-electron chi connectivity index (χ3n) is 2.73. The summed E-state index contributed by atoms with van der Waals surface area (Å²) < 4.78 is 0. The zero-order valence-electron chi connectivity index (χ0n) is 7.96. The van der Waals surface area contributed by atoms with Gasteiger partial charge in [-0.2, -0.15) is 0 Å².